The van der Waals surface area contributed by atoms with Gasteiger partial charge in [0.25, 0.3) is 0 Å². The van der Waals surface area contributed by atoms with Crippen LogP contribution in [0.3, 0.4) is 0 Å². The van der Waals surface area contributed by atoms with E-state index in [4.69, 9.17) is 10.5 Å². The van der Waals surface area contributed by atoms with E-state index in [1.165, 1.54) is 12.8 Å². The largest absolute Gasteiger partial charge is 0.476 e. The molecule has 0 saturated heterocycles. The highest BCUT2D eigenvalue weighted by atomic mass is 32.2. The molecule has 112 valence electrons. The third-order valence-corrected chi connectivity index (χ3v) is 4.09. The minimum absolute atomic E-state index is 0.214. The number of anilines is 2. The Balaban J connectivity index is 1.89. The van der Waals surface area contributed by atoms with Crippen molar-refractivity contribution >= 4 is 22.3 Å². The summed E-state index contributed by atoms with van der Waals surface area (Å²) in [5, 5.41) is 3.29. The lowest BCUT2D eigenvalue weighted by Crippen LogP contribution is -2.19. The van der Waals surface area contributed by atoms with Crippen LogP contribution in [0.15, 0.2) is 12.1 Å². The highest BCUT2D eigenvalue weighted by molar-refractivity contribution is 7.84. The number of ether oxygens (including phenoxy) is 1. The van der Waals surface area contributed by atoms with Crippen LogP contribution in [0.25, 0.3) is 0 Å². The summed E-state index contributed by atoms with van der Waals surface area (Å²) in [7, 11) is -0.759. The maximum absolute atomic E-state index is 11.1. The number of nitrogens with one attached hydrogen (secondary N) is 1. The van der Waals surface area contributed by atoms with Gasteiger partial charge < -0.3 is 15.8 Å². The molecule has 20 heavy (non-hydrogen) atoms. The molecule has 2 rings (SSSR count). The molecule has 0 radical (unpaired) electrons. The van der Waals surface area contributed by atoms with Crippen LogP contribution in [0.2, 0.25) is 0 Å². The number of rotatable bonds is 8. The molecule has 1 aliphatic rings. The molecule has 1 aliphatic carbocycles. The second-order valence-electron chi connectivity index (χ2n) is 5.46. The summed E-state index contributed by atoms with van der Waals surface area (Å²) >= 11 is 0. The molecule has 5 nitrogen and oxygen atoms in total. The molecule has 1 aromatic heterocycles. The minimum atomic E-state index is -0.759. The first-order valence-electron chi connectivity index (χ1n) is 7.00. The average Bonchev–Trinajstić information content (AvgIpc) is 3.21. The summed E-state index contributed by atoms with van der Waals surface area (Å²) in [5.41, 5.74) is 6.44. The third kappa shape index (κ3) is 5.00. The molecule has 1 saturated carbocycles. The standard InChI is InChI=1S/C14H23N3O2S/c1-10(7-8-20(2)18)16-13-6-5-12(15)14(17-13)19-9-11-3-4-11/h5-6,10-11H,3-4,7-9,15H2,1-2H3,(H,16,17). The summed E-state index contributed by atoms with van der Waals surface area (Å²) < 4.78 is 16.7. The van der Waals surface area contributed by atoms with Gasteiger partial charge in [0.15, 0.2) is 0 Å². The molecular formula is C14H23N3O2S. The van der Waals surface area contributed by atoms with Crippen LogP contribution >= 0.6 is 0 Å². The molecule has 0 bridgehead atoms. The zero-order chi connectivity index (χ0) is 14.5. The number of nitrogens with two attached hydrogens (primary N) is 1. The summed E-state index contributed by atoms with van der Waals surface area (Å²) in [4.78, 5) is 4.40. The Morgan fingerprint density at radius 2 is 2.30 bits per heavy atom. The van der Waals surface area contributed by atoms with Crippen molar-refractivity contribution in [1.82, 2.24) is 4.98 Å². The number of nitrogen functional groups attached to an aromatic ring is 1. The van der Waals surface area contributed by atoms with Crippen LogP contribution in [0, 0.1) is 5.92 Å². The normalized spacial score (nSPS) is 17.5. The SMILES string of the molecule is CC(CCS(C)=O)Nc1ccc(N)c(OCC2CC2)n1. The van der Waals surface area contributed by atoms with E-state index in [1.807, 2.05) is 12.1 Å². The lowest BCUT2D eigenvalue weighted by molar-refractivity contribution is 0.290. The monoisotopic (exact) mass is 297 g/mol. The molecule has 6 heteroatoms. The lowest BCUT2D eigenvalue weighted by Gasteiger charge is -2.15. The van der Waals surface area contributed by atoms with Crippen molar-refractivity contribution in [2.75, 3.05) is 29.7 Å². The zero-order valence-corrected chi connectivity index (χ0v) is 12.9. The Kier molecular flexibility index (Phi) is 5.23. The highest BCUT2D eigenvalue weighted by Crippen LogP contribution is 2.30. The van der Waals surface area contributed by atoms with Gasteiger partial charge in [-0.2, -0.15) is 4.98 Å². The van der Waals surface area contributed by atoms with Crippen LogP contribution in [0.1, 0.15) is 26.2 Å². The molecule has 0 aliphatic heterocycles. The number of pyridine rings is 1. The topological polar surface area (TPSA) is 77.2 Å². The molecule has 1 aromatic rings. The first kappa shape index (κ1) is 15.1. The molecule has 2 atom stereocenters. The van der Waals surface area contributed by atoms with E-state index in [2.05, 4.69) is 17.2 Å². The van der Waals surface area contributed by atoms with Crippen molar-refractivity contribution in [1.29, 1.82) is 0 Å². The van der Waals surface area contributed by atoms with E-state index in [0.29, 0.717) is 29.8 Å². The van der Waals surface area contributed by atoms with E-state index < -0.39 is 10.8 Å². The Bertz CT molecular complexity index is 477. The van der Waals surface area contributed by atoms with Gasteiger partial charge in [0, 0.05) is 28.9 Å². The minimum Gasteiger partial charge on any atom is -0.476 e. The van der Waals surface area contributed by atoms with Gasteiger partial charge in [-0.1, -0.05) is 0 Å². The van der Waals surface area contributed by atoms with Crippen LogP contribution in [0.5, 0.6) is 5.88 Å². The van der Waals surface area contributed by atoms with E-state index in [-0.39, 0.29) is 6.04 Å². The van der Waals surface area contributed by atoms with E-state index >= 15 is 0 Å². The highest BCUT2D eigenvalue weighted by Gasteiger charge is 2.22. The molecule has 1 heterocycles. The number of hydrogen-bond acceptors (Lipinski definition) is 5. The Morgan fingerprint density at radius 3 is 2.95 bits per heavy atom. The van der Waals surface area contributed by atoms with Crippen LogP contribution < -0.4 is 15.8 Å². The van der Waals surface area contributed by atoms with Gasteiger partial charge in [-0.05, 0) is 44.2 Å². The van der Waals surface area contributed by atoms with Crippen molar-refractivity contribution in [2.45, 2.75) is 32.2 Å². The second-order valence-corrected chi connectivity index (χ2v) is 7.01. The summed E-state index contributed by atoms with van der Waals surface area (Å²) in [6, 6.07) is 3.87. The maximum atomic E-state index is 11.1. The predicted octanol–water partition coefficient (Wildman–Crippen LogP) is 2.02. The van der Waals surface area contributed by atoms with E-state index in [1.54, 1.807) is 6.26 Å². The molecule has 0 spiro atoms. The fourth-order valence-corrected chi connectivity index (χ4v) is 2.48. The van der Waals surface area contributed by atoms with Crippen LogP contribution in [0.4, 0.5) is 11.5 Å². The van der Waals surface area contributed by atoms with Gasteiger partial charge in [-0.15, -0.1) is 0 Å². The number of nitrogens with zero attached hydrogens (tertiary/aromatic N) is 1. The van der Waals surface area contributed by atoms with Crippen molar-refractivity contribution in [2.24, 2.45) is 5.92 Å². The molecule has 0 aromatic carbocycles. The third-order valence-electron chi connectivity index (χ3n) is 3.27. The Labute approximate surface area is 122 Å². The quantitative estimate of drug-likeness (QED) is 0.767. The second kappa shape index (κ2) is 6.92. The summed E-state index contributed by atoms with van der Waals surface area (Å²) in [5.74, 6) is 2.62. The predicted molar refractivity (Wildman–Crippen MR) is 83.5 cm³/mol. The van der Waals surface area contributed by atoms with Gasteiger partial charge in [0.05, 0.1) is 12.3 Å². The van der Waals surface area contributed by atoms with Crippen molar-refractivity contribution in [3.63, 3.8) is 0 Å². The van der Waals surface area contributed by atoms with Gasteiger partial charge in [0.1, 0.15) is 5.82 Å². The van der Waals surface area contributed by atoms with E-state index in [0.717, 1.165) is 12.2 Å². The van der Waals surface area contributed by atoms with Gasteiger partial charge in [0.2, 0.25) is 5.88 Å². The van der Waals surface area contributed by atoms with Crippen LogP contribution in [-0.4, -0.2) is 33.9 Å². The van der Waals surface area contributed by atoms with Crippen molar-refractivity contribution in [3.05, 3.63) is 12.1 Å². The first-order valence-corrected chi connectivity index (χ1v) is 8.73. The smallest absolute Gasteiger partial charge is 0.239 e. The van der Waals surface area contributed by atoms with E-state index in [9.17, 15) is 4.21 Å². The lowest BCUT2D eigenvalue weighted by atomic mass is 10.2. The Morgan fingerprint density at radius 1 is 1.55 bits per heavy atom. The zero-order valence-electron chi connectivity index (χ0n) is 12.1. The fraction of sp³-hybridized carbons (Fsp3) is 0.643. The average molecular weight is 297 g/mol. The molecule has 2 unspecified atom stereocenters. The maximum Gasteiger partial charge on any atom is 0.239 e. The van der Waals surface area contributed by atoms with Crippen LogP contribution in [-0.2, 0) is 10.8 Å². The van der Waals surface area contributed by atoms with Gasteiger partial charge in [-0.3, -0.25) is 4.21 Å². The molecule has 3 N–H and O–H groups in total. The van der Waals surface area contributed by atoms with Crippen molar-refractivity contribution in [3.8, 4) is 5.88 Å². The molecular weight excluding hydrogens is 274 g/mol. The molecule has 0 amide bonds. The van der Waals surface area contributed by atoms with Gasteiger partial charge >= 0.3 is 0 Å². The number of hydrogen-bond donors (Lipinski definition) is 2. The Hall–Kier alpha value is -1.30. The van der Waals surface area contributed by atoms with Gasteiger partial charge in [-0.25, -0.2) is 0 Å². The first-order chi connectivity index (χ1) is 9.54. The number of aromatic nitrogens is 1. The fourth-order valence-electron chi connectivity index (χ4n) is 1.80. The molecule has 1 fully saturated rings. The summed E-state index contributed by atoms with van der Waals surface area (Å²) in [6.45, 7) is 2.75. The summed E-state index contributed by atoms with van der Waals surface area (Å²) in [6.07, 6.45) is 5.04. The van der Waals surface area contributed by atoms with Crippen molar-refractivity contribution < 1.29 is 8.95 Å².